The maximum absolute atomic E-state index is 12.6. The number of nitrogens with zero attached hydrogens (tertiary/aromatic N) is 1. The second kappa shape index (κ2) is 10.9. The molecule has 0 fully saturated rings. The van der Waals surface area contributed by atoms with Gasteiger partial charge in [-0.2, -0.15) is 5.26 Å². The van der Waals surface area contributed by atoms with Gasteiger partial charge in [0.2, 0.25) is 0 Å². The first kappa shape index (κ1) is 24.6. The molecule has 0 spiro atoms. The molecule has 0 unspecified atom stereocenters. The predicted molar refractivity (Wildman–Crippen MR) is 141 cm³/mol. The number of methoxy groups -OCH3 is 1. The van der Waals surface area contributed by atoms with Crippen molar-refractivity contribution in [3.63, 3.8) is 0 Å². The van der Waals surface area contributed by atoms with Gasteiger partial charge in [-0.15, -0.1) is 0 Å². The quantitative estimate of drug-likeness (QED) is 0.169. The number of amides is 1. The fourth-order valence-electron chi connectivity index (χ4n) is 3.80. The molecule has 4 aromatic carbocycles. The molecule has 36 heavy (non-hydrogen) atoms. The van der Waals surface area contributed by atoms with Crippen LogP contribution in [0.3, 0.4) is 0 Å². The summed E-state index contributed by atoms with van der Waals surface area (Å²) >= 11 is 6.55. The topological polar surface area (TPSA) is 91.6 Å². The maximum Gasteiger partial charge on any atom is 0.266 e. The van der Waals surface area contributed by atoms with Crippen LogP contribution in [0.15, 0.2) is 78.4 Å². The van der Waals surface area contributed by atoms with Crippen LogP contribution in [0.2, 0.25) is 5.02 Å². The van der Waals surface area contributed by atoms with E-state index in [0.717, 1.165) is 21.9 Å². The number of ether oxygens (including phenoxy) is 2. The van der Waals surface area contributed by atoms with E-state index in [2.05, 4.69) is 29.6 Å². The summed E-state index contributed by atoms with van der Waals surface area (Å²) in [5.41, 5.74) is 2.97. The third kappa shape index (κ3) is 5.43. The lowest BCUT2D eigenvalue weighted by molar-refractivity contribution is -0.112. The number of aromatic hydroxyl groups is 1. The number of benzene rings is 4. The van der Waals surface area contributed by atoms with Crippen molar-refractivity contribution >= 4 is 40.0 Å². The molecule has 0 atom stereocenters. The number of hydrogen-bond acceptors (Lipinski definition) is 5. The van der Waals surface area contributed by atoms with Crippen molar-refractivity contribution in [2.75, 3.05) is 12.4 Å². The van der Waals surface area contributed by atoms with Crippen LogP contribution in [-0.4, -0.2) is 18.1 Å². The van der Waals surface area contributed by atoms with Crippen LogP contribution < -0.4 is 14.8 Å². The number of phenolic OH excluding ortho intramolecular Hbond substituents is 1. The highest BCUT2D eigenvalue weighted by Gasteiger charge is 2.16. The lowest BCUT2D eigenvalue weighted by Crippen LogP contribution is -2.13. The molecule has 180 valence electrons. The lowest BCUT2D eigenvalue weighted by atomic mass is 10.0. The van der Waals surface area contributed by atoms with E-state index in [9.17, 15) is 15.2 Å². The Morgan fingerprint density at radius 3 is 2.58 bits per heavy atom. The first-order chi connectivity index (χ1) is 17.4. The molecule has 1 amide bonds. The van der Waals surface area contributed by atoms with Crippen LogP contribution in [0.25, 0.3) is 16.8 Å². The monoisotopic (exact) mass is 498 g/mol. The Bertz CT molecular complexity index is 1500. The molecule has 4 rings (SSSR count). The summed E-state index contributed by atoms with van der Waals surface area (Å²) in [5, 5.41) is 24.1. The van der Waals surface area contributed by atoms with Crippen LogP contribution in [0.4, 0.5) is 5.69 Å². The minimum absolute atomic E-state index is 0.0729. The van der Waals surface area contributed by atoms with Gasteiger partial charge in [0.15, 0.2) is 11.5 Å². The zero-order chi connectivity index (χ0) is 25.7. The molecular weight excluding hydrogens is 476 g/mol. The number of carbonyl (C=O) groups excluding carboxylic acids is 1. The molecule has 0 bridgehead atoms. The molecular formula is C29H23ClN2O4. The molecule has 4 aromatic rings. The number of fused-ring (bicyclic) bond motifs is 1. The minimum atomic E-state index is -0.593. The van der Waals surface area contributed by atoms with Gasteiger partial charge in [-0.25, -0.2) is 0 Å². The van der Waals surface area contributed by atoms with Gasteiger partial charge in [-0.3, -0.25) is 4.79 Å². The number of halogens is 1. The molecule has 0 aliphatic heterocycles. The van der Waals surface area contributed by atoms with Crippen LogP contribution in [0, 0.1) is 18.3 Å². The summed E-state index contributed by atoms with van der Waals surface area (Å²) in [6, 6.07) is 23.3. The van der Waals surface area contributed by atoms with Gasteiger partial charge in [-0.05, 0) is 71.3 Å². The van der Waals surface area contributed by atoms with Crippen molar-refractivity contribution in [1.82, 2.24) is 0 Å². The number of rotatable bonds is 7. The van der Waals surface area contributed by atoms with E-state index in [1.54, 1.807) is 12.1 Å². The van der Waals surface area contributed by atoms with Crippen LogP contribution in [-0.2, 0) is 11.4 Å². The molecule has 0 aliphatic carbocycles. The third-order valence-electron chi connectivity index (χ3n) is 5.69. The molecule has 0 radical (unpaired) electrons. The standard InChI is InChI=1S/C29H23ClN2O4/c1-18-7-8-20-5-3-4-6-24(20)25(18)17-36-28-26(30)14-19(15-27(28)35-2)13-21(16-31)29(34)32-22-9-11-23(33)12-10-22/h3-15,33H,17H2,1-2H3,(H,32,34)/b21-13+. The van der Waals surface area contributed by atoms with Crippen molar-refractivity contribution in [1.29, 1.82) is 5.26 Å². The van der Waals surface area contributed by atoms with E-state index >= 15 is 0 Å². The second-order valence-corrected chi connectivity index (χ2v) is 8.48. The van der Waals surface area contributed by atoms with Crippen molar-refractivity contribution in [2.45, 2.75) is 13.5 Å². The van der Waals surface area contributed by atoms with E-state index in [0.29, 0.717) is 22.7 Å². The fraction of sp³-hybridized carbons (Fsp3) is 0.103. The highest BCUT2D eigenvalue weighted by atomic mass is 35.5. The minimum Gasteiger partial charge on any atom is -0.508 e. The summed E-state index contributed by atoms with van der Waals surface area (Å²) in [7, 11) is 1.50. The molecule has 0 saturated carbocycles. The summed E-state index contributed by atoms with van der Waals surface area (Å²) in [5.74, 6) is 0.229. The van der Waals surface area contributed by atoms with E-state index in [1.807, 2.05) is 25.1 Å². The number of carbonyl (C=O) groups is 1. The van der Waals surface area contributed by atoms with Gasteiger partial charge >= 0.3 is 0 Å². The highest BCUT2D eigenvalue weighted by Crippen LogP contribution is 2.38. The van der Waals surface area contributed by atoms with Gasteiger partial charge in [-0.1, -0.05) is 48.0 Å². The Hall–Kier alpha value is -4.47. The summed E-state index contributed by atoms with van der Waals surface area (Å²) in [6.07, 6.45) is 1.42. The molecule has 6 nitrogen and oxygen atoms in total. The molecule has 0 heterocycles. The number of nitriles is 1. The Morgan fingerprint density at radius 1 is 1.11 bits per heavy atom. The summed E-state index contributed by atoms with van der Waals surface area (Å²) in [4.78, 5) is 12.6. The lowest BCUT2D eigenvalue weighted by Gasteiger charge is -2.16. The average molecular weight is 499 g/mol. The zero-order valence-corrected chi connectivity index (χ0v) is 20.5. The Labute approximate surface area is 214 Å². The van der Waals surface area contributed by atoms with Crippen molar-refractivity contribution in [3.8, 4) is 23.3 Å². The molecule has 0 saturated heterocycles. The van der Waals surface area contributed by atoms with E-state index in [1.165, 1.54) is 37.5 Å². The smallest absolute Gasteiger partial charge is 0.266 e. The first-order valence-corrected chi connectivity index (χ1v) is 11.5. The van der Waals surface area contributed by atoms with Gasteiger partial charge in [0.25, 0.3) is 5.91 Å². The second-order valence-electron chi connectivity index (χ2n) is 8.08. The van der Waals surface area contributed by atoms with E-state index in [-0.39, 0.29) is 23.0 Å². The Kier molecular flexibility index (Phi) is 7.43. The average Bonchev–Trinajstić information content (AvgIpc) is 2.88. The Balaban J connectivity index is 1.58. The highest BCUT2D eigenvalue weighted by molar-refractivity contribution is 6.32. The Morgan fingerprint density at radius 2 is 1.86 bits per heavy atom. The summed E-state index contributed by atoms with van der Waals surface area (Å²) in [6.45, 7) is 2.32. The number of hydrogen-bond donors (Lipinski definition) is 2. The van der Waals surface area contributed by atoms with Crippen LogP contribution in [0.1, 0.15) is 16.7 Å². The van der Waals surface area contributed by atoms with Gasteiger partial charge in [0, 0.05) is 11.3 Å². The largest absolute Gasteiger partial charge is 0.508 e. The normalized spacial score (nSPS) is 11.1. The number of aryl methyl sites for hydroxylation is 1. The van der Waals surface area contributed by atoms with Gasteiger partial charge in [0.05, 0.1) is 12.1 Å². The summed E-state index contributed by atoms with van der Waals surface area (Å²) < 4.78 is 11.6. The van der Waals surface area contributed by atoms with E-state index < -0.39 is 5.91 Å². The zero-order valence-electron chi connectivity index (χ0n) is 19.7. The van der Waals surface area contributed by atoms with Gasteiger partial charge in [0.1, 0.15) is 24.0 Å². The fourth-order valence-corrected chi connectivity index (χ4v) is 4.08. The van der Waals surface area contributed by atoms with E-state index in [4.69, 9.17) is 21.1 Å². The SMILES string of the molecule is COc1cc(/C=C(\C#N)C(=O)Nc2ccc(O)cc2)cc(Cl)c1OCc1c(C)ccc2ccccc12. The van der Waals surface area contributed by atoms with Gasteiger partial charge < -0.3 is 19.9 Å². The predicted octanol–water partition coefficient (Wildman–Crippen LogP) is 6.64. The molecule has 0 aliphatic rings. The molecule has 7 heteroatoms. The van der Waals surface area contributed by atoms with Crippen LogP contribution >= 0.6 is 11.6 Å². The first-order valence-electron chi connectivity index (χ1n) is 11.1. The molecule has 0 aromatic heterocycles. The van der Waals surface area contributed by atoms with Crippen molar-refractivity contribution in [3.05, 3.63) is 100 Å². The third-order valence-corrected chi connectivity index (χ3v) is 5.97. The molecule has 2 N–H and O–H groups in total. The van der Waals surface area contributed by atoms with Crippen LogP contribution in [0.5, 0.6) is 17.2 Å². The number of phenols is 1. The maximum atomic E-state index is 12.6. The van der Waals surface area contributed by atoms with Crippen molar-refractivity contribution in [2.24, 2.45) is 0 Å². The number of nitrogens with one attached hydrogen (secondary N) is 1. The van der Waals surface area contributed by atoms with Crippen molar-refractivity contribution < 1.29 is 19.4 Å². The number of anilines is 1.